The molecule has 10 nitrogen and oxygen atoms in total. The Bertz CT molecular complexity index is 1290. The van der Waals surface area contributed by atoms with Crippen molar-refractivity contribution in [3.05, 3.63) is 54.4 Å². The lowest BCUT2D eigenvalue weighted by Gasteiger charge is -2.35. The minimum Gasteiger partial charge on any atom is -0.475 e. The number of nitrogens with zero attached hydrogens (tertiary/aromatic N) is 5. The summed E-state index contributed by atoms with van der Waals surface area (Å²) < 4.78 is 44.9. The molecule has 0 saturated carbocycles. The zero-order valence-corrected chi connectivity index (χ0v) is 19.4. The zero-order valence-electron chi connectivity index (χ0n) is 19.4. The Balaban J connectivity index is 1.39. The number of aliphatic hydroxyl groups is 2. The van der Waals surface area contributed by atoms with E-state index in [1.54, 1.807) is 6.07 Å². The van der Waals surface area contributed by atoms with Crippen molar-refractivity contribution in [1.82, 2.24) is 15.0 Å². The molecule has 3 N–H and O–H groups in total. The number of ether oxygens (including phenoxy) is 1. The number of fused-ring (bicyclic) bond motifs is 4. The first-order valence-corrected chi connectivity index (χ1v) is 11.5. The summed E-state index contributed by atoms with van der Waals surface area (Å²) >= 11 is 0. The van der Waals surface area contributed by atoms with E-state index < -0.39 is 30.5 Å². The standard InChI is InChI=1S/C24H23F3N6O4/c25-24(26,27)15-3-1-2-14(8-15)21-29-10-19-22(31-21)33(17-6-7-32(19)11-17)23(36)30-16-4-5-20(28-9-16)37-13-18(35)12-34/h1-5,8-10,17-18,34-35H,6-7,11-13H2,(H,30,36)/t17?,18-/m1/s1. The number of carbonyl (C=O) groups is 1. The first-order valence-electron chi connectivity index (χ1n) is 11.5. The van der Waals surface area contributed by atoms with Crippen LogP contribution in [0.15, 0.2) is 48.8 Å². The topological polar surface area (TPSA) is 124 Å². The van der Waals surface area contributed by atoms with Crippen molar-refractivity contribution in [2.45, 2.75) is 24.7 Å². The van der Waals surface area contributed by atoms with Gasteiger partial charge in [-0.3, -0.25) is 4.90 Å². The second kappa shape index (κ2) is 9.82. The molecule has 2 bridgehead atoms. The molecule has 2 amide bonds. The van der Waals surface area contributed by atoms with Crippen LogP contribution in [0.25, 0.3) is 11.4 Å². The summed E-state index contributed by atoms with van der Waals surface area (Å²) in [6.45, 7) is 0.709. The minimum atomic E-state index is -4.51. The molecule has 5 rings (SSSR count). The van der Waals surface area contributed by atoms with Gasteiger partial charge < -0.3 is 25.2 Å². The molecule has 1 fully saturated rings. The van der Waals surface area contributed by atoms with Crippen LogP contribution < -0.4 is 19.9 Å². The molecule has 194 valence electrons. The van der Waals surface area contributed by atoms with Crippen molar-refractivity contribution in [2.75, 3.05) is 41.4 Å². The van der Waals surface area contributed by atoms with Crippen molar-refractivity contribution in [1.29, 1.82) is 0 Å². The molecule has 1 aromatic carbocycles. The fourth-order valence-corrected chi connectivity index (χ4v) is 4.30. The SMILES string of the molecule is O=C(Nc1ccc(OC[C@H](O)CO)nc1)N1c2nc(-c3cccc(C(F)(F)F)c3)ncc2N2CCC1C2. The fourth-order valence-electron chi connectivity index (χ4n) is 4.30. The molecule has 13 heteroatoms. The molecule has 4 heterocycles. The fraction of sp³-hybridized carbons (Fsp3) is 0.333. The van der Waals surface area contributed by atoms with E-state index in [1.165, 1.54) is 35.5 Å². The van der Waals surface area contributed by atoms with E-state index in [-0.39, 0.29) is 29.9 Å². The minimum absolute atomic E-state index is 0.0818. The van der Waals surface area contributed by atoms with Crippen LogP contribution in [0.5, 0.6) is 5.88 Å². The van der Waals surface area contributed by atoms with Gasteiger partial charge >= 0.3 is 12.2 Å². The number of rotatable bonds is 6. The Morgan fingerprint density at radius 2 is 2.05 bits per heavy atom. The van der Waals surface area contributed by atoms with Gasteiger partial charge in [-0.15, -0.1) is 0 Å². The molecule has 3 aromatic rings. The number of aliphatic hydroxyl groups excluding tert-OH is 2. The highest BCUT2D eigenvalue weighted by Gasteiger charge is 2.41. The highest BCUT2D eigenvalue weighted by atomic mass is 19.4. The summed E-state index contributed by atoms with van der Waals surface area (Å²) in [5.74, 6) is 0.608. The number of hydrogen-bond donors (Lipinski definition) is 3. The molecule has 37 heavy (non-hydrogen) atoms. The van der Waals surface area contributed by atoms with E-state index >= 15 is 0 Å². The summed E-state index contributed by atoms with van der Waals surface area (Å²) in [5.41, 5.74) is 0.394. The molecule has 0 radical (unpaired) electrons. The summed E-state index contributed by atoms with van der Waals surface area (Å²) in [4.78, 5) is 29.8. The van der Waals surface area contributed by atoms with Gasteiger partial charge in [0, 0.05) is 24.7 Å². The molecular formula is C24H23F3N6O4. The molecule has 0 aliphatic carbocycles. The van der Waals surface area contributed by atoms with Crippen LogP contribution in [-0.2, 0) is 6.18 Å². The number of halogens is 3. The summed E-state index contributed by atoms with van der Waals surface area (Å²) in [6, 6.07) is 7.20. The van der Waals surface area contributed by atoms with Gasteiger partial charge in [0.2, 0.25) is 5.88 Å². The Morgan fingerprint density at radius 3 is 2.78 bits per heavy atom. The van der Waals surface area contributed by atoms with Gasteiger partial charge in [0.05, 0.1) is 42.0 Å². The maximum atomic E-state index is 13.4. The smallest absolute Gasteiger partial charge is 0.416 e. The van der Waals surface area contributed by atoms with Crippen LogP contribution in [0, 0.1) is 0 Å². The number of hydrogen-bond acceptors (Lipinski definition) is 8. The number of aromatic nitrogens is 3. The molecule has 0 spiro atoms. The predicted molar refractivity (Wildman–Crippen MR) is 127 cm³/mol. The number of urea groups is 1. The zero-order chi connectivity index (χ0) is 26.2. The largest absolute Gasteiger partial charge is 0.475 e. The number of carbonyl (C=O) groups excluding carboxylic acids is 1. The predicted octanol–water partition coefficient (Wildman–Crippen LogP) is 2.92. The summed E-state index contributed by atoms with van der Waals surface area (Å²) in [7, 11) is 0. The summed E-state index contributed by atoms with van der Waals surface area (Å²) in [6.07, 6.45) is -1.92. The van der Waals surface area contributed by atoms with Crippen molar-refractivity contribution in [3.63, 3.8) is 0 Å². The Labute approximate surface area is 209 Å². The Kier molecular flexibility index (Phi) is 6.56. The van der Waals surface area contributed by atoms with Crippen molar-refractivity contribution < 1.29 is 32.9 Å². The molecule has 2 aromatic heterocycles. The Morgan fingerprint density at radius 1 is 1.22 bits per heavy atom. The monoisotopic (exact) mass is 516 g/mol. The van der Waals surface area contributed by atoms with Crippen LogP contribution in [0.2, 0.25) is 0 Å². The maximum Gasteiger partial charge on any atom is 0.416 e. The Hall–Kier alpha value is -3.97. The van der Waals surface area contributed by atoms with Gasteiger partial charge in [-0.2, -0.15) is 13.2 Å². The second-order valence-electron chi connectivity index (χ2n) is 8.70. The molecule has 1 saturated heterocycles. The number of amides is 2. The van der Waals surface area contributed by atoms with E-state index in [1.807, 2.05) is 4.90 Å². The third kappa shape index (κ3) is 5.13. The van der Waals surface area contributed by atoms with Crippen LogP contribution >= 0.6 is 0 Å². The van der Waals surface area contributed by atoms with E-state index in [0.29, 0.717) is 36.7 Å². The highest BCUT2D eigenvalue weighted by molar-refractivity contribution is 6.04. The third-order valence-corrected chi connectivity index (χ3v) is 6.14. The first kappa shape index (κ1) is 24.7. The third-order valence-electron chi connectivity index (χ3n) is 6.14. The van der Waals surface area contributed by atoms with Gasteiger partial charge in [0.25, 0.3) is 0 Å². The molecule has 1 unspecified atom stereocenters. The number of benzene rings is 1. The van der Waals surface area contributed by atoms with Gasteiger partial charge in [0.1, 0.15) is 12.7 Å². The molecule has 2 aliphatic rings. The summed E-state index contributed by atoms with van der Waals surface area (Å²) in [5, 5.41) is 21.0. The van der Waals surface area contributed by atoms with E-state index in [2.05, 4.69) is 20.3 Å². The number of nitrogens with one attached hydrogen (secondary N) is 1. The lowest BCUT2D eigenvalue weighted by molar-refractivity contribution is -0.137. The normalized spacial score (nSPS) is 17.4. The highest BCUT2D eigenvalue weighted by Crippen LogP contribution is 2.40. The van der Waals surface area contributed by atoms with Crippen molar-refractivity contribution in [2.24, 2.45) is 0 Å². The van der Waals surface area contributed by atoms with Gasteiger partial charge in [-0.05, 0) is 24.6 Å². The van der Waals surface area contributed by atoms with Gasteiger partial charge in [-0.25, -0.2) is 19.7 Å². The average Bonchev–Trinajstić information content (AvgIpc) is 3.31. The number of alkyl halides is 3. The van der Waals surface area contributed by atoms with Crippen LogP contribution in [0.4, 0.5) is 35.2 Å². The van der Waals surface area contributed by atoms with Gasteiger partial charge in [0.15, 0.2) is 11.6 Å². The van der Waals surface area contributed by atoms with Crippen LogP contribution in [0.1, 0.15) is 12.0 Å². The maximum absolute atomic E-state index is 13.4. The van der Waals surface area contributed by atoms with E-state index in [9.17, 15) is 23.1 Å². The number of anilines is 3. The second-order valence-corrected chi connectivity index (χ2v) is 8.70. The molecule has 2 aliphatic heterocycles. The number of pyridine rings is 1. The first-order chi connectivity index (χ1) is 17.7. The van der Waals surface area contributed by atoms with E-state index in [4.69, 9.17) is 9.84 Å². The molecular weight excluding hydrogens is 493 g/mol. The quantitative estimate of drug-likeness (QED) is 0.457. The van der Waals surface area contributed by atoms with E-state index in [0.717, 1.165) is 12.1 Å². The lowest BCUT2D eigenvalue weighted by Crippen LogP contribution is -2.48. The average molecular weight is 516 g/mol. The van der Waals surface area contributed by atoms with Crippen LogP contribution in [0.3, 0.4) is 0 Å². The van der Waals surface area contributed by atoms with Gasteiger partial charge in [-0.1, -0.05) is 12.1 Å². The van der Waals surface area contributed by atoms with Crippen molar-refractivity contribution >= 4 is 23.2 Å². The van der Waals surface area contributed by atoms with Crippen molar-refractivity contribution in [3.8, 4) is 17.3 Å². The van der Waals surface area contributed by atoms with Crippen LogP contribution in [-0.4, -0.2) is 69.6 Å². The molecule has 2 atom stereocenters. The lowest BCUT2D eigenvalue weighted by atomic mass is 10.1.